The first-order valence-electron chi connectivity index (χ1n) is 9.84. The van der Waals surface area contributed by atoms with Crippen LogP contribution in [-0.2, 0) is 0 Å². The Hall–Kier alpha value is -3.70. The number of methoxy groups -OCH3 is 2. The molecule has 3 N–H and O–H groups in total. The van der Waals surface area contributed by atoms with Gasteiger partial charge in [-0.1, -0.05) is 17.7 Å². The molecule has 0 saturated carbocycles. The number of halogens is 4. The molecular formula is C23H19ClF3N3O4S. The summed E-state index contributed by atoms with van der Waals surface area (Å²) in [7, 11) is 2.99. The number of hydrogen-bond acceptors (Lipinski definition) is 5. The van der Waals surface area contributed by atoms with Crippen LogP contribution in [0.3, 0.4) is 0 Å². The molecule has 3 aromatic rings. The van der Waals surface area contributed by atoms with Gasteiger partial charge in [-0.15, -0.1) is 13.2 Å². The molecule has 0 radical (unpaired) electrons. The Bertz CT molecular complexity index is 1220. The monoisotopic (exact) mass is 525 g/mol. The highest BCUT2D eigenvalue weighted by molar-refractivity contribution is 7.80. The van der Waals surface area contributed by atoms with Gasteiger partial charge in [-0.3, -0.25) is 4.79 Å². The number of carbonyl (C=O) groups excluding carboxylic acids is 1. The second kappa shape index (κ2) is 11.2. The zero-order valence-electron chi connectivity index (χ0n) is 18.3. The summed E-state index contributed by atoms with van der Waals surface area (Å²) in [6.45, 7) is 0. The maximum atomic E-state index is 12.4. The predicted octanol–water partition coefficient (Wildman–Crippen LogP) is 6.32. The number of hydrogen-bond donors (Lipinski definition) is 3. The van der Waals surface area contributed by atoms with Crippen LogP contribution in [0, 0.1) is 0 Å². The number of anilines is 3. The Morgan fingerprint density at radius 2 is 1.51 bits per heavy atom. The van der Waals surface area contributed by atoms with E-state index in [9.17, 15) is 18.0 Å². The molecule has 12 heteroatoms. The minimum absolute atomic E-state index is 0.00595. The van der Waals surface area contributed by atoms with Crippen molar-refractivity contribution in [3.63, 3.8) is 0 Å². The van der Waals surface area contributed by atoms with Gasteiger partial charge < -0.3 is 30.2 Å². The van der Waals surface area contributed by atoms with Gasteiger partial charge in [-0.25, -0.2) is 0 Å². The third-order valence-electron chi connectivity index (χ3n) is 4.45. The van der Waals surface area contributed by atoms with Crippen molar-refractivity contribution in [1.29, 1.82) is 0 Å². The van der Waals surface area contributed by atoms with Gasteiger partial charge in [0.2, 0.25) is 0 Å². The molecule has 0 bridgehead atoms. The van der Waals surface area contributed by atoms with E-state index in [2.05, 4.69) is 20.7 Å². The summed E-state index contributed by atoms with van der Waals surface area (Å²) in [5, 5.41) is 9.20. The number of thiocarbonyl (C=S) groups is 1. The minimum Gasteiger partial charge on any atom is -0.495 e. The summed E-state index contributed by atoms with van der Waals surface area (Å²) < 4.78 is 51.5. The minimum atomic E-state index is -4.85. The first kappa shape index (κ1) is 25.9. The molecule has 0 aliphatic carbocycles. The molecule has 0 fully saturated rings. The van der Waals surface area contributed by atoms with Gasteiger partial charge in [-0.05, 0) is 60.7 Å². The van der Waals surface area contributed by atoms with E-state index in [0.717, 1.165) is 12.1 Å². The van der Waals surface area contributed by atoms with Gasteiger partial charge in [0, 0.05) is 23.0 Å². The molecule has 0 unspecified atom stereocenters. The lowest BCUT2D eigenvalue weighted by Crippen LogP contribution is -2.19. The van der Waals surface area contributed by atoms with E-state index in [4.69, 9.17) is 33.3 Å². The maximum absolute atomic E-state index is 12.4. The van der Waals surface area contributed by atoms with Gasteiger partial charge in [-0.2, -0.15) is 0 Å². The molecule has 0 spiro atoms. The van der Waals surface area contributed by atoms with Gasteiger partial charge in [0.1, 0.15) is 17.2 Å². The second-order valence-electron chi connectivity index (χ2n) is 6.87. The Morgan fingerprint density at radius 1 is 0.886 bits per heavy atom. The highest BCUT2D eigenvalue weighted by Crippen LogP contribution is 2.36. The lowest BCUT2D eigenvalue weighted by atomic mass is 10.2. The zero-order valence-corrected chi connectivity index (χ0v) is 19.9. The standard InChI is InChI=1S/C23H19ClF3N3O4S/c1-32-19-12-20(33-2)18(11-17(19)24)30-22(35)29-15-8-6-14(7-9-15)28-21(31)13-4-3-5-16(10-13)34-23(25,26)27/h3-12H,1-2H3,(H,28,31)(H2,29,30,35). The molecule has 3 rings (SSSR count). The maximum Gasteiger partial charge on any atom is 0.573 e. The van der Waals surface area contributed by atoms with Crippen LogP contribution in [0.25, 0.3) is 0 Å². The summed E-state index contributed by atoms with van der Waals surface area (Å²) in [6, 6.07) is 14.5. The molecule has 0 aromatic heterocycles. The summed E-state index contributed by atoms with van der Waals surface area (Å²) >= 11 is 11.5. The number of alkyl halides is 3. The third-order valence-corrected chi connectivity index (χ3v) is 4.95. The number of ether oxygens (including phenoxy) is 3. The molecule has 0 saturated heterocycles. The number of amides is 1. The fourth-order valence-corrected chi connectivity index (χ4v) is 3.39. The van der Waals surface area contributed by atoms with Crippen molar-refractivity contribution in [3.8, 4) is 17.2 Å². The summed E-state index contributed by atoms with van der Waals surface area (Å²) in [5.41, 5.74) is 1.56. The predicted molar refractivity (Wildman–Crippen MR) is 132 cm³/mol. The van der Waals surface area contributed by atoms with E-state index in [1.165, 1.54) is 26.4 Å². The Balaban J connectivity index is 1.62. The van der Waals surface area contributed by atoms with Gasteiger partial charge in [0.15, 0.2) is 5.11 Å². The quantitative estimate of drug-likeness (QED) is 0.312. The van der Waals surface area contributed by atoms with E-state index in [0.29, 0.717) is 33.6 Å². The van der Waals surface area contributed by atoms with E-state index < -0.39 is 18.0 Å². The average Bonchev–Trinajstić information content (AvgIpc) is 2.79. The van der Waals surface area contributed by atoms with Crippen molar-refractivity contribution in [3.05, 3.63) is 71.2 Å². The molecule has 0 atom stereocenters. The van der Waals surface area contributed by atoms with Crippen molar-refractivity contribution < 1.29 is 32.2 Å². The number of rotatable bonds is 7. The molecule has 0 heterocycles. The molecule has 3 aromatic carbocycles. The lowest BCUT2D eigenvalue weighted by Gasteiger charge is -2.15. The fourth-order valence-electron chi connectivity index (χ4n) is 2.92. The second-order valence-corrected chi connectivity index (χ2v) is 7.69. The van der Waals surface area contributed by atoms with Crippen LogP contribution < -0.4 is 30.2 Å². The van der Waals surface area contributed by atoms with Crippen LogP contribution in [0.2, 0.25) is 5.02 Å². The molecule has 0 aliphatic rings. The van der Waals surface area contributed by atoms with Crippen molar-refractivity contribution in [2.75, 3.05) is 30.2 Å². The van der Waals surface area contributed by atoms with Crippen LogP contribution in [0.4, 0.5) is 30.2 Å². The van der Waals surface area contributed by atoms with Gasteiger partial charge in [0.25, 0.3) is 5.91 Å². The van der Waals surface area contributed by atoms with Crippen LogP contribution in [0.1, 0.15) is 10.4 Å². The smallest absolute Gasteiger partial charge is 0.495 e. The molecule has 35 heavy (non-hydrogen) atoms. The van der Waals surface area contributed by atoms with Crippen molar-refractivity contribution in [1.82, 2.24) is 0 Å². The van der Waals surface area contributed by atoms with Crippen LogP contribution >= 0.6 is 23.8 Å². The Morgan fingerprint density at radius 3 is 2.11 bits per heavy atom. The van der Waals surface area contributed by atoms with Crippen molar-refractivity contribution in [2.24, 2.45) is 0 Å². The Kier molecular flexibility index (Phi) is 8.26. The number of nitrogens with one attached hydrogen (secondary N) is 3. The molecule has 1 amide bonds. The van der Waals surface area contributed by atoms with Crippen molar-refractivity contribution >= 4 is 51.9 Å². The summed E-state index contributed by atoms with van der Waals surface area (Å²) in [5.74, 6) is -0.164. The van der Waals surface area contributed by atoms with Crippen LogP contribution in [0.5, 0.6) is 17.2 Å². The van der Waals surface area contributed by atoms with E-state index in [-0.39, 0.29) is 10.7 Å². The highest BCUT2D eigenvalue weighted by Gasteiger charge is 2.31. The highest BCUT2D eigenvalue weighted by atomic mass is 35.5. The first-order chi connectivity index (χ1) is 16.6. The molecule has 184 valence electrons. The van der Waals surface area contributed by atoms with Crippen molar-refractivity contribution in [2.45, 2.75) is 6.36 Å². The van der Waals surface area contributed by atoms with Gasteiger partial charge in [0.05, 0.1) is 24.9 Å². The van der Waals surface area contributed by atoms with E-state index in [1.54, 1.807) is 36.4 Å². The molecular weight excluding hydrogens is 507 g/mol. The van der Waals surface area contributed by atoms with Crippen LogP contribution in [-0.4, -0.2) is 31.6 Å². The molecule has 7 nitrogen and oxygen atoms in total. The third kappa shape index (κ3) is 7.39. The normalized spacial score (nSPS) is 10.8. The topological polar surface area (TPSA) is 80.9 Å². The number of carbonyl (C=O) groups is 1. The summed E-state index contributed by atoms with van der Waals surface area (Å²) in [6.07, 6.45) is -4.85. The number of benzene rings is 3. The SMILES string of the molecule is COc1cc(OC)c(NC(=S)Nc2ccc(NC(=O)c3cccc(OC(F)(F)F)c3)cc2)cc1Cl. The average molecular weight is 526 g/mol. The van der Waals surface area contributed by atoms with Gasteiger partial charge >= 0.3 is 6.36 Å². The summed E-state index contributed by atoms with van der Waals surface area (Å²) in [4.78, 5) is 12.4. The van der Waals surface area contributed by atoms with E-state index in [1.807, 2.05) is 0 Å². The lowest BCUT2D eigenvalue weighted by molar-refractivity contribution is -0.274. The molecule has 0 aliphatic heterocycles. The Labute approximate surface area is 209 Å². The van der Waals surface area contributed by atoms with Crippen LogP contribution in [0.15, 0.2) is 60.7 Å². The fraction of sp³-hybridized carbons (Fsp3) is 0.130. The van der Waals surface area contributed by atoms with E-state index >= 15 is 0 Å². The first-order valence-corrected chi connectivity index (χ1v) is 10.6. The largest absolute Gasteiger partial charge is 0.573 e. The zero-order chi connectivity index (χ0) is 25.6.